The lowest BCUT2D eigenvalue weighted by atomic mass is 10.3. The van der Waals surface area contributed by atoms with E-state index in [-0.39, 0.29) is 30.5 Å². The first-order valence-electron chi connectivity index (χ1n) is 5.75. The van der Waals surface area contributed by atoms with Gasteiger partial charge in [0.25, 0.3) is 0 Å². The average molecular weight is 309 g/mol. The van der Waals surface area contributed by atoms with Gasteiger partial charge in [0.05, 0.1) is 13.2 Å². The zero-order chi connectivity index (χ0) is 15.5. The normalized spacial score (nSPS) is 12.1. The van der Waals surface area contributed by atoms with Crippen LogP contribution in [0.25, 0.3) is 0 Å². The predicted octanol–water partition coefficient (Wildman–Crippen LogP) is -0.175. The van der Waals surface area contributed by atoms with E-state index in [4.69, 9.17) is 9.94 Å². The molecule has 0 fully saturated rings. The van der Waals surface area contributed by atoms with Crippen LogP contribution in [0.5, 0.6) is 0 Å². The number of nitrogens with one attached hydrogen (secondary N) is 1. The molecule has 0 bridgehead atoms. The number of nitrogens with zero attached hydrogens (tertiary/aromatic N) is 1. The van der Waals surface area contributed by atoms with Crippen LogP contribution in [0.2, 0.25) is 0 Å². The first-order chi connectivity index (χ1) is 9.36. The van der Waals surface area contributed by atoms with E-state index in [2.05, 4.69) is 10.2 Å². The molecule has 10 heteroatoms. The molecule has 1 atom stereocenters. The van der Waals surface area contributed by atoms with E-state index in [1.54, 1.807) is 6.92 Å². The van der Waals surface area contributed by atoms with Crippen molar-refractivity contribution in [1.82, 2.24) is 10.7 Å². The van der Waals surface area contributed by atoms with Crippen LogP contribution in [0.4, 0.5) is 0 Å². The van der Waals surface area contributed by atoms with Gasteiger partial charge in [0.15, 0.2) is 5.12 Å². The Morgan fingerprint density at radius 3 is 2.60 bits per heavy atom. The van der Waals surface area contributed by atoms with Crippen LogP contribution >= 0.6 is 11.8 Å². The molecule has 116 valence electrons. The fourth-order valence-corrected chi connectivity index (χ4v) is 1.91. The number of carbonyl (C=O) groups is 3. The molecule has 1 unspecified atom stereocenters. The summed E-state index contributed by atoms with van der Waals surface area (Å²) in [6.45, 7) is 2.76. The van der Waals surface area contributed by atoms with E-state index in [0.29, 0.717) is 0 Å². The molecule has 0 aromatic carbocycles. The Bertz CT molecular complexity index is 338. The Balaban J connectivity index is 4.14. The van der Waals surface area contributed by atoms with E-state index in [0.717, 1.165) is 11.8 Å². The van der Waals surface area contributed by atoms with E-state index >= 15 is 0 Å². The Labute approximate surface area is 120 Å². The van der Waals surface area contributed by atoms with Crippen molar-refractivity contribution in [2.45, 2.75) is 26.3 Å². The van der Waals surface area contributed by atoms with Gasteiger partial charge in [-0.05, 0) is 6.92 Å². The molecular formula is C10H17N2O7S-. The van der Waals surface area contributed by atoms with Gasteiger partial charge in [-0.1, -0.05) is 11.8 Å². The van der Waals surface area contributed by atoms with Crippen molar-refractivity contribution in [2.75, 3.05) is 19.0 Å². The van der Waals surface area contributed by atoms with Crippen LogP contribution in [0.3, 0.4) is 0 Å². The van der Waals surface area contributed by atoms with Gasteiger partial charge in [-0.2, -0.15) is 0 Å². The highest BCUT2D eigenvalue weighted by atomic mass is 32.2. The number of rotatable bonds is 9. The van der Waals surface area contributed by atoms with Crippen LogP contribution in [-0.4, -0.2) is 52.6 Å². The Morgan fingerprint density at radius 2 is 2.10 bits per heavy atom. The highest BCUT2D eigenvalue weighted by molar-refractivity contribution is 8.13. The molecule has 0 heterocycles. The molecule has 0 aromatic heterocycles. The third kappa shape index (κ3) is 9.69. The van der Waals surface area contributed by atoms with Crippen molar-refractivity contribution >= 4 is 28.8 Å². The fourth-order valence-electron chi connectivity index (χ4n) is 1.11. The summed E-state index contributed by atoms with van der Waals surface area (Å²) < 4.78 is 4.77. The summed E-state index contributed by atoms with van der Waals surface area (Å²) >= 11 is 0.796. The lowest BCUT2D eigenvalue weighted by molar-refractivity contribution is -0.304. The highest BCUT2D eigenvalue weighted by Crippen LogP contribution is 2.09. The van der Waals surface area contributed by atoms with Gasteiger partial charge < -0.3 is 20.5 Å². The SMILES string of the molecule is CCOC(=O)C(CSC(=O)CCON([O-])O)NC(C)=O. The minimum absolute atomic E-state index is 0.0114. The van der Waals surface area contributed by atoms with Crippen LogP contribution in [0.1, 0.15) is 20.3 Å². The molecule has 9 nitrogen and oxygen atoms in total. The highest BCUT2D eigenvalue weighted by Gasteiger charge is 2.22. The zero-order valence-corrected chi connectivity index (χ0v) is 12.0. The second kappa shape index (κ2) is 10.6. The number of hydrogen-bond donors (Lipinski definition) is 2. The maximum atomic E-state index is 11.5. The molecule has 0 rings (SSSR count). The zero-order valence-electron chi connectivity index (χ0n) is 11.2. The number of amides is 1. The van der Waals surface area contributed by atoms with E-state index in [1.165, 1.54) is 6.92 Å². The molecule has 0 aliphatic rings. The number of ether oxygens (including phenoxy) is 1. The third-order valence-electron chi connectivity index (χ3n) is 1.87. The van der Waals surface area contributed by atoms with Crippen molar-refractivity contribution in [3.63, 3.8) is 0 Å². The van der Waals surface area contributed by atoms with Gasteiger partial charge in [-0.3, -0.25) is 14.4 Å². The van der Waals surface area contributed by atoms with Crippen LogP contribution in [-0.2, 0) is 24.0 Å². The Kier molecular flexibility index (Phi) is 9.94. The summed E-state index contributed by atoms with van der Waals surface area (Å²) in [6.07, 6.45) is -0.125. The van der Waals surface area contributed by atoms with Gasteiger partial charge in [-0.15, -0.1) is 5.39 Å². The van der Waals surface area contributed by atoms with Crippen molar-refractivity contribution in [3.05, 3.63) is 5.21 Å². The monoisotopic (exact) mass is 309 g/mol. The van der Waals surface area contributed by atoms with Gasteiger partial charge in [0.2, 0.25) is 5.91 Å². The quantitative estimate of drug-likeness (QED) is 0.440. The van der Waals surface area contributed by atoms with E-state index in [9.17, 15) is 19.6 Å². The topological polar surface area (TPSA) is 128 Å². The van der Waals surface area contributed by atoms with E-state index in [1.807, 2.05) is 0 Å². The fraction of sp³-hybridized carbons (Fsp3) is 0.700. The summed E-state index contributed by atoms with van der Waals surface area (Å²) in [5.74, 6) is -1.03. The molecule has 0 saturated carbocycles. The smallest absolute Gasteiger partial charge is 0.329 e. The lowest BCUT2D eigenvalue weighted by Crippen LogP contribution is -2.42. The molecule has 0 aliphatic carbocycles. The molecule has 2 N–H and O–H groups in total. The van der Waals surface area contributed by atoms with E-state index < -0.39 is 23.3 Å². The standard InChI is InChI=1S/C10H17N2O7S/c1-3-18-10(15)8(11-7(2)13)6-20-9(14)4-5-19-12(16)17/h8,16H,3-6H2,1-2H3,(H,11,13)/q-1. The molecular weight excluding hydrogens is 292 g/mol. The first kappa shape index (κ1) is 18.8. The summed E-state index contributed by atoms with van der Waals surface area (Å²) in [5.41, 5.74) is 0. The maximum absolute atomic E-state index is 11.5. The van der Waals surface area contributed by atoms with Crippen molar-refractivity contribution in [3.8, 4) is 0 Å². The average Bonchev–Trinajstić information content (AvgIpc) is 2.33. The molecule has 0 aliphatic heterocycles. The van der Waals surface area contributed by atoms with Crippen molar-refractivity contribution in [1.29, 1.82) is 0 Å². The van der Waals surface area contributed by atoms with Gasteiger partial charge in [-0.25, -0.2) is 4.79 Å². The predicted molar refractivity (Wildman–Crippen MR) is 69.3 cm³/mol. The first-order valence-corrected chi connectivity index (χ1v) is 6.73. The second-order valence-corrected chi connectivity index (χ2v) is 4.59. The number of carbonyl (C=O) groups excluding carboxylic acids is 3. The summed E-state index contributed by atoms with van der Waals surface area (Å²) in [6, 6.07) is -0.920. The largest absolute Gasteiger partial charge is 0.738 e. The maximum Gasteiger partial charge on any atom is 0.329 e. The molecule has 20 heavy (non-hydrogen) atoms. The van der Waals surface area contributed by atoms with Crippen molar-refractivity contribution in [2.24, 2.45) is 0 Å². The molecule has 0 aromatic rings. The third-order valence-corrected chi connectivity index (χ3v) is 2.89. The van der Waals surface area contributed by atoms with Gasteiger partial charge in [0.1, 0.15) is 6.04 Å². The molecule has 1 amide bonds. The minimum atomic E-state index is -0.920. The van der Waals surface area contributed by atoms with Crippen LogP contribution in [0, 0.1) is 5.21 Å². The van der Waals surface area contributed by atoms with Gasteiger partial charge in [0, 0.05) is 19.1 Å². The second-order valence-electron chi connectivity index (χ2n) is 3.51. The summed E-state index contributed by atoms with van der Waals surface area (Å²) in [5, 5.41) is 19.4. The summed E-state index contributed by atoms with van der Waals surface area (Å²) in [7, 11) is 0. The summed E-state index contributed by atoms with van der Waals surface area (Å²) in [4.78, 5) is 38.0. The van der Waals surface area contributed by atoms with Crippen molar-refractivity contribution < 1.29 is 29.2 Å². The van der Waals surface area contributed by atoms with Crippen LogP contribution in [0.15, 0.2) is 0 Å². The minimum Gasteiger partial charge on any atom is -0.738 e. The van der Waals surface area contributed by atoms with Gasteiger partial charge >= 0.3 is 5.97 Å². The molecule has 0 spiro atoms. The van der Waals surface area contributed by atoms with Crippen LogP contribution < -0.4 is 5.32 Å². The molecule has 0 radical (unpaired) electrons. The number of hydrogen-bond acceptors (Lipinski definition) is 9. The lowest BCUT2D eigenvalue weighted by Gasteiger charge is -2.18. The molecule has 0 saturated heterocycles. The number of thioether (sulfide) groups is 1. The number of esters is 1. The Hall–Kier alpha value is -1.20. The Morgan fingerprint density at radius 1 is 1.45 bits per heavy atom.